The van der Waals surface area contributed by atoms with E-state index in [-0.39, 0.29) is 10.9 Å². The number of hydrogen-bond donors (Lipinski definition) is 1. The molecule has 8 heteroatoms. The number of thiocarbonyl (C=S) groups is 1. The van der Waals surface area contributed by atoms with E-state index in [1.807, 2.05) is 4.90 Å². The van der Waals surface area contributed by atoms with Crippen LogP contribution in [0.25, 0.3) is 0 Å². The maximum absolute atomic E-state index is 13.3. The molecule has 5 nitrogen and oxygen atoms in total. The normalized spacial score (nSPS) is 23.6. The van der Waals surface area contributed by atoms with E-state index in [0.717, 1.165) is 39.3 Å². The molecule has 0 aromatic heterocycles. The van der Waals surface area contributed by atoms with Gasteiger partial charge in [0.25, 0.3) is 0 Å². The monoisotopic (exact) mass is 426 g/mol. The first-order chi connectivity index (χ1) is 13.3. The number of nitrogens with one attached hydrogen (secondary N) is 1. The molecule has 2 saturated heterocycles. The zero-order valence-corrected chi connectivity index (χ0v) is 18.0. The first-order valence-electron chi connectivity index (χ1n) is 9.83. The number of carbonyl (C=O) groups is 1. The Hall–Kier alpha value is -1.44. The molecule has 2 heterocycles. The van der Waals surface area contributed by atoms with Crippen molar-refractivity contribution < 1.29 is 9.18 Å². The van der Waals surface area contributed by atoms with Crippen LogP contribution in [-0.4, -0.2) is 71.5 Å². The van der Waals surface area contributed by atoms with E-state index < -0.39 is 5.82 Å². The molecule has 2 fully saturated rings. The fourth-order valence-corrected chi connectivity index (χ4v) is 4.52. The number of nitrogens with zero attached hydrogens (tertiary/aromatic N) is 3. The Morgan fingerprint density at radius 2 is 1.82 bits per heavy atom. The molecule has 28 heavy (non-hydrogen) atoms. The van der Waals surface area contributed by atoms with Gasteiger partial charge in [-0.1, -0.05) is 25.4 Å². The molecule has 1 N–H and O–H groups in total. The Kier molecular flexibility index (Phi) is 7.12. The molecule has 0 saturated carbocycles. The van der Waals surface area contributed by atoms with Crippen molar-refractivity contribution in [1.29, 1.82) is 0 Å². The molecule has 0 radical (unpaired) electrons. The van der Waals surface area contributed by atoms with Gasteiger partial charge in [0.2, 0.25) is 5.91 Å². The highest BCUT2D eigenvalue weighted by Crippen LogP contribution is 2.22. The minimum absolute atomic E-state index is 0.0671. The van der Waals surface area contributed by atoms with E-state index in [2.05, 4.69) is 29.0 Å². The average Bonchev–Trinajstić information content (AvgIpc) is 2.64. The lowest BCUT2D eigenvalue weighted by Crippen LogP contribution is -2.53. The second-order valence-electron chi connectivity index (χ2n) is 8.07. The molecule has 2 aliphatic rings. The molecule has 0 bridgehead atoms. The lowest BCUT2D eigenvalue weighted by molar-refractivity contribution is -0.135. The summed E-state index contributed by atoms with van der Waals surface area (Å²) in [6, 6.07) is 4.46. The molecule has 0 unspecified atom stereocenters. The van der Waals surface area contributed by atoms with E-state index >= 15 is 0 Å². The summed E-state index contributed by atoms with van der Waals surface area (Å²) in [4.78, 5) is 18.9. The minimum atomic E-state index is -0.450. The van der Waals surface area contributed by atoms with E-state index in [9.17, 15) is 9.18 Å². The number of anilines is 1. The first-order valence-corrected chi connectivity index (χ1v) is 10.6. The SMILES string of the molecule is C[C@@H]1C[C@@H](C)CN(C(=O)CN2CCN(C(=S)Nc3ccc(F)c(Cl)c3)CC2)C1. The summed E-state index contributed by atoms with van der Waals surface area (Å²) in [5.74, 6) is 0.934. The van der Waals surface area contributed by atoms with Crippen molar-refractivity contribution in [3.05, 3.63) is 29.0 Å². The maximum Gasteiger partial charge on any atom is 0.236 e. The van der Waals surface area contributed by atoms with E-state index in [1.54, 1.807) is 6.07 Å². The predicted molar refractivity (Wildman–Crippen MR) is 115 cm³/mol. The lowest BCUT2D eigenvalue weighted by atomic mass is 9.92. The van der Waals surface area contributed by atoms with Crippen LogP contribution in [0.15, 0.2) is 18.2 Å². The number of likely N-dealkylation sites (tertiary alicyclic amines) is 1. The number of piperazine rings is 1. The van der Waals surface area contributed by atoms with Gasteiger partial charge in [0.15, 0.2) is 5.11 Å². The van der Waals surface area contributed by atoms with E-state index in [4.69, 9.17) is 23.8 Å². The summed E-state index contributed by atoms with van der Waals surface area (Å²) in [7, 11) is 0. The zero-order valence-electron chi connectivity index (χ0n) is 16.5. The Balaban J connectivity index is 1.45. The topological polar surface area (TPSA) is 38.8 Å². The average molecular weight is 427 g/mol. The van der Waals surface area contributed by atoms with Gasteiger partial charge in [-0.25, -0.2) is 4.39 Å². The number of rotatable bonds is 3. The fourth-order valence-electron chi connectivity index (χ4n) is 4.04. The summed E-state index contributed by atoms with van der Waals surface area (Å²) in [5, 5.41) is 3.77. The summed E-state index contributed by atoms with van der Waals surface area (Å²) in [6.45, 7) is 9.73. The van der Waals surface area contributed by atoms with Gasteiger partial charge in [-0.3, -0.25) is 9.69 Å². The van der Waals surface area contributed by atoms with Crippen molar-refractivity contribution >= 4 is 40.5 Å². The third-order valence-corrected chi connectivity index (χ3v) is 6.06. The van der Waals surface area contributed by atoms with E-state index in [0.29, 0.717) is 29.2 Å². The Bertz CT molecular complexity index is 716. The number of amides is 1. The highest BCUT2D eigenvalue weighted by Gasteiger charge is 2.27. The molecule has 0 aliphatic carbocycles. The van der Waals surface area contributed by atoms with Crippen LogP contribution in [-0.2, 0) is 4.79 Å². The van der Waals surface area contributed by atoms with Gasteiger partial charge in [0, 0.05) is 45.0 Å². The molecule has 2 aliphatic heterocycles. The van der Waals surface area contributed by atoms with Gasteiger partial charge < -0.3 is 15.1 Å². The summed E-state index contributed by atoms with van der Waals surface area (Å²) >= 11 is 11.3. The van der Waals surface area contributed by atoms with Gasteiger partial charge in [0.1, 0.15) is 5.82 Å². The third-order valence-electron chi connectivity index (χ3n) is 5.41. The molecule has 154 valence electrons. The quantitative estimate of drug-likeness (QED) is 0.751. The smallest absolute Gasteiger partial charge is 0.236 e. The Labute approximate surface area is 176 Å². The molecule has 1 aromatic rings. The van der Waals surface area contributed by atoms with Crippen molar-refractivity contribution in [1.82, 2.24) is 14.7 Å². The van der Waals surface area contributed by atoms with Gasteiger partial charge in [-0.2, -0.15) is 0 Å². The van der Waals surface area contributed by atoms with Gasteiger partial charge in [-0.05, 0) is 48.7 Å². The molecule has 3 rings (SSSR count). The van der Waals surface area contributed by atoms with Crippen LogP contribution < -0.4 is 5.32 Å². The van der Waals surface area contributed by atoms with Gasteiger partial charge in [-0.15, -0.1) is 0 Å². The number of hydrogen-bond acceptors (Lipinski definition) is 3. The molecule has 1 aromatic carbocycles. The fraction of sp³-hybridized carbons (Fsp3) is 0.600. The van der Waals surface area contributed by atoms with Crippen LogP contribution in [0.4, 0.5) is 10.1 Å². The van der Waals surface area contributed by atoms with Gasteiger partial charge in [0.05, 0.1) is 11.6 Å². The van der Waals surface area contributed by atoms with Gasteiger partial charge >= 0.3 is 0 Å². The van der Waals surface area contributed by atoms with Crippen molar-refractivity contribution in [2.45, 2.75) is 20.3 Å². The number of piperidine rings is 1. The van der Waals surface area contributed by atoms with Crippen molar-refractivity contribution in [2.75, 3.05) is 51.1 Å². The highest BCUT2D eigenvalue weighted by molar-refractivity contribution is 7.80. The van der Waals surface area contributed by atoms with E-state index in [1.165, 1.54) is 18.6 Å². The number of halogens is 2. The van der Waals surface area contributed by atoms with Crippen molar-refractivity contribution in [3.8, 4) is 0 Å². The highest BCUT2D eigenvalue weighted by atomic mass is 35.5. The van der Waals surface area contributed by atoms with Crippen molar-refractivity contribution in [3.63, 3.8) is 0 Å². The first kappa shape index (κ1) is 21.3. The van der Waals surface area contributed by atoms with Crippen LogP contribution in [0.3, 0.4) is 0 Å². The minimum Gasteiger partial charge on any atom is -0.346 e. The number of benzene rings is 1. The summed E-state index contributed by atoms with van der Waals surface area (Å²) < 4.78 is 13.3. The second kappa shape index (κ2) is 9.37. The summed E-state index contributed by atoms with van der Waals surface area (Å²) in [6.07, 6.45) is 1.20. The largest absolute Gasteiger partial charge is 0.346 e. The lowest BCUT2D eigenvalue weighted by Gasteiger charge is -2.39. The van der Waals surface area contributed by atoms with Crippen molar-refractivity contribution in [2.24, 2.45) is 11.8 Å². The molecule has 1 amide bonds. The molecule has 2 atom stereocenters. The third kappa shape index (κ3) is 5.55. The van der Waals surface area contributed by atoms with Crippen LogP contribution in [0.1, 0.15) is 20.3 Å². The second-order valence-corrected chi connectivity index (χ2v) is 8.86. The van der Waals surface area contributed by atoms with Crippen LogP contribution in [0.5, 0.6) is 0 Å². The van der Waals surface area contributed by atoms with Crippen LogP contribution >= 0.6 is 23.8 Å². The number of carbonyl (C=O) groups excluding carboxylic acids is 1. The molecular formula is C20H28ClFN4OS. The standard InChI is InChI=1S/C20H28ClFN4OS/c1-14-9-15(2)12-26(11-14)19(27)13-24-5-7-25(8-6-24)20(28)23-16-3-4-18(22)17(21)10-16/h3-4,10,14-15H,5-9,11-13H2,1-2H3,(H,23,28)/t14-,15-/m1/s1. The Morgan fingerprint density at radius 3 is 2.43 bits per heavy atom. The predicted octanol–water partition coefficient (Wildman–Crippen LogP) is 3.30. The maximum atomic E-state index is 13.3. The van der Waals surface area contributed by atoms with Crippen LogP contribution in [0.2, 0.25) is 5.02 Å². The molecular weight excluding hydrogens is 399 g/mol. The molecule has 0 spiro atoms. The Morgan fingerprint density at radius 1 is 1.18 bits per heavy atom. The van der Waals surface area contributed by atoms with Crippen LogP contribution in [0, 0.1) is 17.7 Å². The summed E-state index contributed by atoms with van der Waals surface area (Å²) in [5.41, 5.74) is 0.669. The zero-order chi connectivity index (χ0) is 20.3.